The highest BCUT2D eigenvalue weighted by Gasteiger charge is 2.06. The van der Waals surface area contributed by atoms with Gasteiger partial charge in [-0.2, -0.15) is 0 Å². The number of fused-ring (bicyclic) bond motifs is 1. The van der Waals surface area contributed by atoms with Crippen LogP contribution in [-0.4, -0.2) is 5.11 Å². The minimum absolute atomic E-state index is 0.142. The van der Waals surface area contributed by atoms with Gasteiger partial charge in [0.05, 0.1) is 5.69 Å². The van der Waals surface area contributed by atoms with Crippen molar-refractivity contribution in [1.29, 1.82) is 0 Å². The topological polar surface area (TPSA) is 45.0 Å². The number of aromatic hydroxyl groups is 1. The van der Waals surface area contributed by atoms with Gasteiger partial charge in [0.1, 0.15) is 11.4 Å². The van der Waals surface area contributed by atoms with Gasteiger partial charge in [0.25, 0.3) is 0 Å². The van der Waals surface area contributed by atoms with E-state index >= 15 is 0 Å². The van der Waals surface area contributed by atoms with Crippen molar-refractivity contribution in [1.82, 2.24) is 0 Å². The third-order valence-electron chi connectivity index (χ3n) is 3.57. The fourth-order valence-electron chi connectivity index (χ4n) is 2.41. The van der Waals surface area contributed by atoms with Crippen LogP contribution in [0.25, 0.3) is 10.8 Å². The Morgan fingerprint density at radius 1 is 0.714 bits per heavy atom. The summed E-state index contributed by atoms with van der Waals surface area (Å²) in [4.78, 5) is 0. The van der Waals surface area contributed by atoms with Crippen LogP contribution in [0.15, 0.2) is 64.8 Å². The molecule has 0 spiro atoms. The lowest BCUT2D eigenvalue weighted by molar-refractivity contribution is 0.477. The van der Waals surface area contributed by atoms with Gasteiger partial charge in [-0.15, -0.1) is 10.2 Å². The Balaban J connectivity index is 2.14. The highest BCUT2D eigenvalue weighted by Crippen LogP contribution is 2.36. The number of nitrogens with zero attached hydrogens (tertiary/aromatic N) is 2. The van der Waals surface area contributed by atoms with E-state index in [9.17, 15) is 5.11 Å². The molecule has 3 heteroatoms. The van der Waals surface area contributed by atoms with Gasteiger partial charge in [-0.05, 0) is 36.4 Å². The zero-order chi connectivity index (χ0) is 14.8. The molecule has 1 N–H and O–H groups in total. The van der Waals surface area contributed by atoms with Crippen LogP contribution in [0, 0.1) is 13.8 Å². The summed E-state index contributed by atoms with van der Waals surface area (Å²) in [5.74, 6) is 0.142. The Labute approximate surface area is 123 Å². The van der Waals surface area contributed by atoms with Crippen LogP contribution >= 0.6 is 0 Å². The maximum Gasteiger partial charge on any atom is 0.143 e. The minimum Gasteiger partial charge on any atom is -0.506 e. The van der Waals surface area contributed by atoms with Crippen molar-refractivity contribution in [3.8, 4) is 5.75 Å². The van der Waals surface area contributed by atoms with E-state index in [2.05, 4.69) is 10.2 Å². The van der Waals surface area contributed by atoms with E-state index in [-0.39, 0.29) is 5.75 Å². The molecule has 0 amide bonds. The highest BCUT2D eigenvalue weighted by atomic mass is 16.3. The van der Waals surface area contributed by atoms with Gasteiger partial charge in [0.2, 0.25) is 0 Å². The van der Waals surface area contributed by atoms with Crippen molar-refractivity contribution < 1.29 is 5.11 Å². The number of rotatable bonds is 2. The van der Waals surface area contributed by atoms with E-state index in [0.29, 0.717) is 5.69 Å². The van der Waals surface area contributed by atoms with Gasteiger partial charge in [-0.3, -0.25) is 0 Å². The van der Waals surface area contributed by atoms with Crippen molar-refractivity contribution in [3.05, 3.63) is 65.7 Å². The fraction of sp³-hybridized carbons (Fsp3) is 0.111. The number of hydrogen-bond acceptors (Lipinski definition) is 3. The molecule has 0 unspecified atom stereocenters. The standard InChI is InChI=1S/C18H16N2O/c1-12-6-5-7-13(2)17(12)19-20-18-15-9-4-3-8-14(15)10-11-16(18)21/h3-11,21H,1-2H3. The van der Waals surface area contributed by atoms with Gasteiger partial charge < -0.3 is 5.11 Å². The molecule has 0 aliphatic rings. The third kappa shape index (κ3) is 2.50. The summed E-state index contributed by atoms with van der Waals surface area (Å²) in [5, 5.41) is 20.7. The van der Waals surface area contributed by atoms with Crippen LogP contribution in [0.3, 0.4) is 0 Å². The van der Waals surface area contributed by atoms with Gasteiger partial charge >= 0.3 is 0 Å². The van der Waals surface area contributed by atoms with Crippen LogP contribution in [0.2, 0.25) is 0 Å². The molecule has 0 aliphatic carbocycles. The Hall–Kier alpha value is -2.68. The van der Waals surface area contributed by atoms with Crippen molar-refractivity contribution in [2.75, 3.05) is 0 Å². The van der Waals surface area contributed by atoms with Gasteiger partial charge in [-0.25, -0.2) is 0 Å². The van der Waals surface area contributed by atoms with Crippen LogP contribution in [0.5, 0.6) is 5.75 Å². The monoisotopic (exact) mass is 276 g/mol. The second-order valence-electron chi connectivity index (χ2n) is 5.09. The molecule has 3 aromatic rings. The van der Waals surface area contributed by atoms with Gasteiger partial charge in [0.15, 0.2) is 0 Å². The first kappa shape index (κ1) is 13.3. The molecule has 0 saturated carbocycles. The Kier molecular flexibility index (Phi) is 3.40. The first-order valence-electron chi connectivity index (χ1n) is 6.85. The zero-order valence-electron chi connectivity index (χ0n) is 12.0. The second kappa shape index (κ2) is 5.37. The number of hydrogen-bond donors (Lipinski definition) is 1. The van der Waals surface area contributed by atoms with E-state index in [4.69, 9.17) is 0 Å². The molecule has 0 heterocycles. The molecular formula is C18H16N2O. The molecule has 3 rings (SSSR count). The quantitative estimate of drug-likeness (QED) is 0.610. The molecule has 0 atom stereocenters. The molecule has 0 aromatic heterocycles. The molecule has 0 radical (unpaired) electrons. The van der Waals surface area contributed by atoms with E-state index in [1.165, 1.54) is 0 Å². The predicted molar refractivity (Wildman–Crippen MR) is 85.7 cm³/mol. The first-order chi connectivity index (χ1) is 10.2. The van der Waals surface area contributed by atoms with Crippen LogP contribution in [0.4, 0.5) is 11.4 Å². The molecule has 0 aliphatic heterocycles. The molecule has 0 saturated heterocycles. The summed E-state index contributed by atoms with van der Waals surface area (Å²) < 4.78 is 0. The predicted octanol–water partition coefficient (Wildman–Crippen LogP) is 5.58. The second-order valence-corrected chi connectivity index (χ2v) is 5.09. The SMILES string of the molecule is Cc1cccc(C)c1N=Nc1c(O)ccc2ccccc12. The van der Waals surface area contributed by atoms with Crippen molar-refractivity contribution >= 4 is 22.1 Å². The Morgan fingerprint density at radius 3 is 2.14 bits per heavy atom. The number of phenols is 1. The summed E-state index contributed by atoms with van der Waals surface area (Å²) >= 11 is 0. The lowest BCUT2D eigenvalue weighted by Crippen LogP contribution is -1.79. The summed E-state index contributed by atoms with van der Waals surface area (Å²) in [6, 6.07) is 17.4. The number of benzene rings is 3. The number of phenolic OH excluding ortho intramolecular Hbond substituents is 1. The fourth-order valence-corrected chi connectivity index (χ4v) is 2.41. The molecule has 21 heavy (non-hydrogen) atoms. The van der Waals surface area contributed by atoms with Crippen molar-refractivity contribution in [2.45, 2.75) is 13.8 Å². The Morgan fingerprint density at radius 2 is 1.38 bits per heavy atom. The molecule has 0 fully saturated rings. The van der Waals surface area contributed by atoms with Gasteiger partial charge in [0, 0.05) is 5.39 Å². The van der Waals surface area contributed by atoms with E-state index in [1.807, 2.05) is 62.4 Å². The minimum atomic E-state index is 0.142. The van der Waals surface area contributed by atoms with Crippen LogP contribution < -0.4 is 0 Å². The maximum atomic E-state index is 10.1. The number of azo groups is 1. The lowest BCUT2D eigenvalue weighted by Gasteiger charge is -2.05. The molecule has 3 nitrogen and oxygen atoms in total. The third-order valence-corrected chi connectivity index (χ3v) is 3.57. The molecule has 104 valence electrons. The van der Waals surface area contributed by atoms with E-state index < -0.39 is 0 Å². The van der Waals surface area contributed by atoms with Crippen LogP contribution in [0.1, 0.15) is 11.1 Å². The summed E-state index contributed by atoms with van der Waals surface area (Å²) in [7, 11) is 0. The average molecular weight is 276 g/mol. The molecule has 3 aromatic carbocycles. The Bertz CT molecular complexity index is 817. The van der Waals surface area contributed by atoms with Crippen molar-refractivity contribution in [2.24, 2.45) is 10.2 Å². The normalized spacial score (nSPS) is 11.3. The smallest absolute Gasteiger partial charge is 0.143 e. The number of aryl methyl sites for hydroxylation is 2. The summed E-state index contributed by atoms with van der Waals surface area (Å²) in [5.41, 5.74) is 3.50. The molecular weight excluding hydrogens is 260 g/mol. The van der Waals surface area contributed by atoms with E-state index in [0.717, 1.165) is 27.6 Å². The summed E-state index contributed by atoms with van der Waals surface area (Å²) in [6.45, 7) is 4.01. The first-order valence-corrected chi connectivity index (χ1v) is 6.85. The average Bonchev–Trinajstić information content (AvgIpc) is 2.48. The largest absolute Gasteiger partial charge is 0.506 e. The summed E-state index contributed by atoms with van der Waals surface area (Å²) in [6.07, 6.45) is 0. The maximum absolute atomic E-state index is 10.1. The van der Waals surface area contributed by atoms with E-state index in [1.54, 1.807) is 6.07 Å². The lowest BCUT2D eigenvalue weighted by atomic mass is 10.1. The highest BCUT2D eigenvalue weighted by molar-refractivity contribution is 5.95. The zero-order valence-corrected chi connectivity index (χ0v) is 12.0. The van der Waals surface area contributed by atoms with Gasteiger partial charge in [-0.1, -0.05) is 48.5 Å². The molecule has 0 bridgehead atoms. The van der Waals surface area contributed by atoms with Crippen molar-refractivity contribution in [3.63, 3.8) is 0 Å². The van der Waals surface area contributed by atoms with Crippen LogP contribution in [-0.2, 0) is 0 Å².